The van der Waals surface area contributed by atoms with Gasteiger partial charge in [-0.15, -0.1) is 0 Å². The fourth-order valence-corrected chi connectivity index (χ4v) is 3.55. The van der Waals surface area contributed by atoms with E-state index in [2.05, 4.69) is 0 Å². The first kappa shape index (κ1) is 31.1. The van der Waals surface area contributed by atoms with E-state index in [9.17, 15) is 19.2 Å². The lowest BCUT2D eigenvalue weighted by Gasteiger charge is -2.34. The molecule has 0 saturated carbocycles. The zero-order chi connectivity index (χ0) is 26.6. The topological polar surface area (TPSA) is 80.8 Å². The molecule has 2 radical (unpaired) electrons. The summed E-state index contributed by atoms with van der Waals surface area (Å²) in [4.78, 5) is 51.8. The Kier molecular flexibility index (Phi) is 10.4. The second-order valence-corrected chi connectivity index (χ2v) is 11.8. The predicted octanol–water partition coefficient (Wildman–Crippen LogP) is 4.64. The number of carbonyl (C=O) groups excluding carboxylic acids is 4. The highest BCUT2D eigenvalue weighted by atomic mass is 16.6. The molecule has 0 heterocycles. The number of nitrogens with zero attached hydrogens (tertiary/aromatic N) is 1. The number of hydrogen-bond donors (Lipinski definition) is 0. The Bertz CT molecular complexity index is 805. The minimum Gasteiger partial charge on any atom is -0.459 e. The van der Waals surface area contributed by atoms with Gasteiger partial charge in [0.15, 0.2) is 5.78 Å². The van der Waals surface area contributed by atoms with Crippen LogP contribution < -0.4 is 0 Å². The molecule has 0 aliphatic heterocycles. The van der Waals surface area contributed by atoms with Crippen molar-refractivity contribution in [3.05, 3.63) is 11.1 Å². The number of carbonyl (C=O) groups is 4. The Morgan fingerprint density at radius 3 is 1.64 bits per heavy atom. The van der Waals surface area contributed by atoms with Gasteiger partial charge in [0, 0.05) is 25.3 Å². The van der Waals surface area contributed by atoms with Crippen LogP contribution in [0.5, 0.6) is 0 Å². The van der Waals surface area contributed by atoms with Crippen molar-refractivity contribution >= 4 is 31.3 Å². The lowest BCUT2D eigenvalue weighted by atomic mass is 9.77. The van der Waals surface area contributed by atoms with Crippen LogP contribution in [0.25, 0.3) is 0 Å². The molecule has 0 fully saturated rings. The summed E-state index contributed by atoms with van der Waals surface area (Å²) in [6, 6.07) is 0. The number of rotatable bonds is 12. The zero-order valence-electron chi connectivity index (χ0n) is 22.9. The van der Waals surface area contributed by atoms with Crippen LogP contribution in [0.1, 0.15) is 95.4 Å². The van der Waals surface area contributed by atoms with E-state index in [4.69, 9.17) is 12.6 Å². The molecule has 0 spiro atoms. The molecule has 0 saturated heterocycles. The molecule has 1 amide bonds. The van der Waals surface area contributed by atoms with Gasteiger partial charge in [-0.1, -0.05) is 38.8 Å². The van der Waals surface area contributed by atoms with Gasteiger partial charge >= 0.3 is 5.97 Å². The number of allylic oxidation sites excluding steroid dienone is 1. The van der Waals surface area contributed by atoms with E-state index in [1.807, 2.05) is 41.5 Å². The first-order valence-electron chi connectivity index (χ1n) is 11.5. The summed E-state index contributed by atoms with van der Waals surface area (Å²) >= 11 is 0. The van der Waals surface area contributed by atoms with E-state index in [-0.39, 0.29) is 30.3 Å². The van der Waals surface area contributed by atoms with Crippen LogP contribution in [-0.4, -0.2) is 55.3 Å². The van der Waals surface area contributed by atoms with Crippen molar-refractivity contribution in [1.29, 1.82) is 0 Å². The third kappa shape index (κ3) is 8.75. The van der Waals surface area contributed by atoms with Gasteiger partial charge in [-0.3, -0.25) is 19.2 Å². The standard InChI is InChI=1S/C26H44BNO5/c1-17(13-23(4,5)19(3)29)18(2)14-25(8,9)33-22(32)26(10,11)20(30)15-24(6,7)21(31)28(12)16-27/h13-16H2,1-12H3/b18-17-. The van der Waals surface area contributed by atoms with Gasteiger partial charge in [0.05, 0.1) is 13.3 Å². The fourth-order valence-electron chi connectivity index (χ4n) is 3.55. The van der Waals surface area contributed by atoms with Crippen molar-refractivity contribution in [3.8, 4) is 0 Å². The Hall–Kier alpha value is -1.92. The first-order chi connectivity index (χ1) is 14.6. The first-order valence-corrected chi connectivity index (χ1v) is 11.5. The summed E-state index contributed by atoms with van der Waals surface area (Å²) in [6.07, 6.45) is 1.06. The number of Topliss-reactive ketones (excluding diaryl/α,β-unsaturated/α-hetero) is 2. The largest absolute Gasteiger partial charge is 0.459 e. The molecule has 0 unspecified atom stereocenters. The maximum absolute atomic E-state index is 13.0. The summed E-state index contributed by atoms with van der Waals surface area (Å²) in [5.41, 5.74) is -1.56. The molecule has 6 nitrogen and oxygen atoms in total. The van der Waals surface area contributed by atoms with Crippen molar-refractivity contribution in [2.24, 2.45) is 16.2 Å². The van der Waals surface area contributed by atoms with Crippen LogP contribution in [-0.2, 0) is 23.9 Å². The molecule has 0 aromatic carbocycles. The summed E-state index contributed by atoms with van der Waals surface area (Å²) in [7, 11) is 7.11. The molecule has 0 N–H and O–H groups in total. The summed E-state index contributed by atoms with van der Waals surface area (Å²) in [6.45, 7) is 19.4. The zero-order valence-corrected chi connectivity index (χ0v) is 22.9. The minimum atomic E-state index is -1.40. The third-order valence-corrected chi connectivity index (χ3v) is 6.46. The van der Waals surface area contributed by atoms with Gasteiger partial charge < -0.3 is 9.64 Å². The van der Waals surface area contributed by atoms with Crippen LogP contribution in [0.4, 0.5) is 0 Å². The molecule has 0 aromatic rings. The van der Waals surface area contributed by atoms with E-state index < -0.39 is 27.8 Å². The van der Waals surface area contributed by atoms with Gasteiger partial charge in [-0.05, 0) is 61.3 Å². The summed E-state index contributed by atoms with van der Waals surface area (Å²) in [5, 5.41) is 0. The smallest absolute Gasteiger partial charge is 0.319 e. The van der Waals surface area contributed by atoms with E-state index in [1.54, 1.807) is 27.8 Å². The Morgan fingerprint density at radius 1 is 0.758 bits per heavy atom. The normalized spacial score (nSPS) is 13.8. The summed E-state index contributed by atoms with van der Waals surface area (Å²) < 4.78 is 5.79. The predicted molar refractivity (Wildman–Crippen MR) is 133 cm³/mol. The van der Waals surface area contributed by atoms with Crippen LogP contribution in [0.15, 0.2) is 11.1 Å². The molecule has 186 valence electrons. The molecular weight excluding hydrogens is 417 g/mol. The van der Waals surface area contributed by atoms with Crippen LogP contribution in [0.3, 0.4) is 0 Å². The molecule has 0 aromatic heterocycles. The van der Waals surface area contributed by atoms with Crippen molar-refractivity contribution in [3.63, 3.8) is 0 Å². The van der Waals surface area contributed by atoms with Crippen molar-refractivity contribution in [1.82, 2.24) is 4.90 Å². The number of ketones is 2. The second kappa shape index (κ2) is 11.0. The lowest BCUT2D eigenvalue weighted by Crippen LogP contribution is -2.45. The Balaban J connectivity index is 5.44. The van der Waals surface area contributed by atoms with Crippen LogP contribution in [0, 0.1) is 16.2 Å². The Morgan fingerprint density at radius 2 is 1.21 bits per heavy atom. The maximum Gasteiger partial charge on any atom is 0.319 e. The van der Waals surface area contributed by atoms with Crippen molar-refractivity contribution < 1.29 is 23.9 Å². The van der Waals surface area contributed by atoms with E-state index in [0.29, 0.717) is 12.8 Å². The van der Waals surface area contributed by atoms with Gasteiger partial charge in [0.2, 0.25) is 5.91 Å². The fraction of sp³-hybridized carbons (Fsp3) is 0.769. The second-order valence-electron chi connectivity index (χ2n) is 11.8. The maximum atomic E-state index is 13.0. The highest BCUT2D eigenvalue weighted by molar-refractivity contribution is 6.10. The molecule has 33 heavy (non-hydrogen) atoms. The number of amides is 1. The van der Waals surface area contributed by atoms with E-state index in [0.717, 1.165) is 11.1 Å². The summed E-state index contributed by atoms with van der Waals surface area (Å²) in [5.74, 6) is -1.12. The number of esters is 1. The average molecular weight is 461 g/mol. The van der Waals surface area contributed by atoms with Crippen molar-refractivity contribution in [2.75, 3.05) is 13.5 Å². The van der Waals surface area contributed by atoms with E-state index in [1.165, 1.54) is 18.7 Å². The SMILES string of the molecule is [B]CN(C)C(=O)C(C)(C)CC(=O)C(C)(C)C(=O)OC(C)(C)C/C(C)=C(/C)CC(C)(C)C(C)=O. The van der Waals surface area contributed by atoms with Gasteiger partial charge in [0.25, 0.3) is 0 Å². The highest BCUT2D eigenvalue weighted by Gasteiger charge is 2.44. The quantitative estimate of drug-likeness (QED) is 0.183. The average Bonchev–Trinajstić information content (AvgIpc) is 2.64. The number of ether oxygens (including phenoxy) is 1. The molecule has 0 aliphatic carbocycles. The molecule has 0 aliphatic rings. The molecule has 0 rings (SSSR count). The minimum absolute atomic E-state index is 0.0476. The van der Waals surface area contributed by atoms with E-state index >= 15 is 0 Å². The Labute approximate surface area is 202 Å². The third-order valence-electron chi connectivity index (χ3n) is 6.46. The number of hydrogen-bond acceptors (Lipinski definition) is 5. The molecule has 7 heteroatoms. The van der Waals surface area contributed by atoms with Gasteiger partial charge in [-0.25, -0.2) is 0 Å². The highest BCUT2D eigenvalue weighted by Crippen LogP contribution is 2.34. The van der Waals surface area contributed by atoms with Crippen LogP contribution in [0.2, 0.25) is 0 Å². The molecule has 0 atom stereocenters. The van der Waals surface area contributed by atoms with Gasteiger partial charge in [-0.2, -0.15) is 0 Å². The van der Waals surface area contributed by atoms with Gasteiger partial charge in [0.1, 0.15) is 16.8 Å². The molecular formula is C26H44BNO5. The van der Waals surface area contributed by atoms with Crippen molar-refractivity contribution in [2.45, 2.75) is 101 Å². The van der Waals surface area contributed by atoms with Crippen LogP contribution >= 0.6 is 0 Å². The monoisotopic (exact) mass is 461 g/mol. The lowest BCUT2D eigenvalue weighted by molar-refractivity contribution is -0.170. The molecule has 0 bridgehead atoms.